The SMILES string of the molecule is CCOc1ccccc1CN(C)C1CCCC1CN. The van der Waals surface area contributed by atoms with Gasteiger partial charge in [-0.3, -0.25) is 4.90 Å². The lowest BCUT2D eigenvalue weighted by Gasteiger charge is -2.29. The molecule has 0 amide bonds. The van der Waals surface area contributed by atoms with Crippen LogP contribution in [0, 0.1) is 5.92 Å². The van der Waals surface area contributed by atoms with Crippen LogP contribution in [0.15, 0.2) is 24.3 Å². The second-order valence-corrected chi connectivity index (χ2v) is 5.45. The third-order valence-corrected chi connectivity index (χ3v) is 4.18. The number of hydrogen-bond acceptors (Lipinski definition) is 3. The minimum Gasteiger partial charge on any atom is -0.494 e. The summed E-state index contributed by atoms with van der Waals surface area (Å²) in [6.07, 6.45) is 3.86. The van der Waals surface area contributed by atoms with Crippen LogP contribution < -0.4 is 10.5 Å². The number of nitrogens with zero attached hydrogens (tertiary/aromatic N) is 1. The summed E-state index contributed by atoms with van der Waals surface area (Å²) < 4.78 is 5.70. The van der Waals surface area contributed by atoms with Crippen LogP contribution in [-0.2, 0) is 6.54 Å². The molecule has 1 saturated carbocycles. The van der Waals surface area contributed by atoms with Gasteiger partial charge in [0.15, 0.2) is 0 Å². The van der Waals surface area contributed by atoms with E-state index in [0.29, 0.717) is 12.0 Å². The molecule has 0 spiro atoms. The summed E-state index contributed by atoms with van der Waals surface area (Å²) in [7, 11) is 2.21. The molecule has 0 aliphatic heterocycles. The van der Waals surface area contributed by atoms with Gasteiger partial charge in [0.25, 0.3) is 0 Å². The molecular formula is C16H26N2O. The van der Waals surface area contributed by atoms with E-state index in [4.69, 9.17) is 10.5 Å². The zero-order valence-electron chi connectivity index (χ0n) is 12.1. The number of benzene rings is 1. The largest absolute Gasteiger partial charge is 0.494 e. The van der Waals surface area contributed by atoms with E-state index in [1.807, 2.05) is 13.0 Å². The Kier molecular flexibility index (Phi) is 5.23. The van der Waals surface area contributed by atoms with Gasteiger partial charge in [0, 0.05) is 18.2 Å². The van der Waals surface area contributed by atoms with Gasteiger partial charge in [0.05, 0.1) is 6.61 Å². The number of hydrogen-bond donors (Lipinski definition) is 1. The van der Waals surface area contributed by atoms with E-state index in [-0.39, 0.29) is 0 Å². The first-order valence-electron chi connectivity index (χ1n) is 7.37. The monoisotopic (exact) mass is 262 g/mol. The van der Waals surface area contributed by atoms with Crippen LogP contribution in [0.1, 0.15) is 31.7 Å². The summed E-state index contributed by atoms with van der Waals surface area (Å²) in [6.45, 7) is 4.50. The van der Waals surface area contributed by atoms with Gasteiger partial charge in [-0.25, -0.2) is 0 Å². The third kappa shape index (κ3) is 3.48. The second-order valence-electron chi connectivity index (χ2n) is 5.45. The van der Waals surface area contributed by atoms with E-state index < -0.39 is 0 Å². The molecule has 2 unspecified atom stereocenters. The van der Waals surface area contributed by atoms with Gasteiger partial charge in [-0.05, 0) is 45.3 Å². The second kappa shape index (κ2) is 6.92. The molecule has 0 radical (unpaired) electrons. The van der Waals surface area contributed by atoms with E-state index in [0.717, 1.165) is 25.4 Å². The van der Waals surface area contributed by atoms with Crippen LogP contribution >= 0.6 is 0 Å². The van der Waals surface area contributed by atoms with Crippen molar-refractivity contribution in [2.24, 2.45) is 11.7 Å². The Morgan fingerprint density at radius 2 is 2.11 bits per heavy atom. The van der Waals surface area contributed by atoms with E-state index >= 15 is 0 Å². The predicted octanol–water partition coefficient (Wildman–Crippen LogP) is 2.64. The van der Waals surface area contributed by atoms with Crippen molar-refractivity contribution in [3.05, 3.63) is 29.8 Å². The molecule has 1 aromatic rings. The smallest absolute Gasteiger partial charge is 0.123 e. The van der Waals surface area contributed by atoms with E-state index in [9.17, 15) is 0 Å². The van der Waals surface area contributed by atoms with Gasteiger partial charge < -0.3 is 10.5 Å². The first-order chi connectivity index (χ1) is 9.26. The summed E-state index contributed by atoms with van der Waals surface area (Å²) in [4.78, 5) is 2.45. The van der Waals surface area contributed by atoms with Crippen molar-refractivity contribution in [1.29, 1.82) is 0 Å². The maximum Gasteiger partial charge on any atom is 0.123 e. The highest BCUT2D eigenvalue weighted by Crippen LogP contribution is 2.30. The molecule has 2 rings (SSSR count). The first-order valence-corrected chi connectivity index (χ1v) is 7.37. The van der Waals surface area contributed by atoms with Crippen molar-refractivity contribution < 1.29 is 4.74 Å². The maximum absolute atomic E-state index is 5.88. The fourth-order valence-electron chi connectivity index (χ4n) is 3.19. The van der Waals surface area contributed by atoms with Crippen molar-refractivity contribution in [1.82, 2.24) is 4.90 Å². The Morgan fingerprint density at radius 3 is 2.84 bits per heavy atom. The van der Waals surface area contributed by atoms with Crippen molar-refractivity contribution in [3.63, 3.8) is 0 Å². The average molecular weight is 262 g/mol. The Morgan fingerprint density at radius 1 is 1.32 bits per heavy atom. The van der Waals surface area contributed by atoms with Gasteiger partial charge in [0.1, 0.15) is 5.75 Å². The highest BCUT2D eigenvalue weighted by atomic mass is 16.5. The maximum atomic E-state index is 5.88. The minimum absolute atomic E-state index is 0.625. The molecule has 0 heterocycles. The number of ether oxygens (including phenoxy) is 1. The molecule has 106 valence electrons. The summed E-state index contributed by atoms with van der Waals surface area (Å²) >= 11 is 0. The average Bonchev–Trinajstić information content (AvgIpc) is 2.89. The molecule has 0 aromatic heterocycles. The molecule has 3 heteroatoms. The fraction of sp³-hybridized carbons (Fsp3) is 0.625. The van der Waals surface area contributed by atoms with Crippen LogP contribution in [0.5, 0.6) is 5.75 Å². The van der Waals surface area contributed by atoms with Gasteiger partial charge in [-0.1, -0.05) is 24.6 Å². The number of rotatable bonds is 6. The predicted molar refractivity (Wildman–Crippen MR) is 79.3 cm³/mol. The Bertz CT molecular complexity index is 394. The molecule has 3 nitrogen and oxygen atoms in total. The zero-order valence-corrected chi connectivity index (χ0v) is 12.1. The lowest BCUT2D eigenvalue weighted by molar-refractivity contribution is 0.190. The molecule has 2 atom stereocenters. The van der Waals surface area contributed by atoms with Crippen molar-refractivity contribution in [3.8, 4) is 5.75 Å². The van der Waals surface area contributed by atoms with Gasteiger partial charge in [0.2, 0.25) is 0 Å². The van der Waals surface area contributed by atoms with E-state index in [1.54, 1.807) is 0 Å². The molecule has 0 bridgehead atoms. The molecule has 19 heavy (non-hydrogen) atoms. The minimum atomic E-state index is 0.625. The van der Waals surface area contributed by atoms with Crippen LogP contribution in [0.25, 0.3) is 0 Å². The summed E-state index contributed by atoms with van der Waals surface area (Å²) in [5.74, 6) is 1.67. The topological polar surface area (TPSA) is 38.5 Å². The van der Waals surface area contributed by atoms with Gasteiger partial charge >= 0.3 is 0 Å². The molecule has 2 N–H and O–H groups in total. The van der Waals surface area contributed by atoms with Crippen LogP contribution in [0.4, 0.5) is 0 Å². The fourth-order valence-corrected chi connectivity index (χ4v) is 3.19. The first kappa shape index (κ1) is 14.4. The van der Waals surface area contributed by atoms with Gasteiger partial charge in [-0.2, -0.15) is 0 Å². The lowest BCUT2D eigenvalue weighted by atomic mass is 10.0. The Labute approximate surface area is 116 Å². The van der Waals surface area contributed by atoms with Crippen LogP contribution in [0.3, 0.4) is 0 Å². The Balaban J connectivity index is 2.04. The van der Waals surface area contributed by atoms with Crippen molar-refractivity contribution in [2.45, 2.75) is 38.8 Å². The van der Waals surface area contributed by atoms with Crippen LogP contribution in [0.2, 0.25) is 0 Å². The summed E-state index contributed by atoms with van der Waals surface area (Å²) in [5, 5.41) is 0. The van der Waals surface area contributed by atoms with Crippen molar-refractivity contribution >= 4 is 0 Å². The van der Waals surface area contributed by atoms with E-state index in [2.05, 4.69) is 30.1 Å². The number of para-hydroxylation sites is 1. The lowest BCUT2D eigenvalue weighted by Crippen LogP contribution is -2.37. The molecule has 1 aromatic carbocycles. The summed E-state index contributed by atoms with van der Waals surface area (Å²) in [5.41, 5.74) is 7.15. The highest BCUT2D eigenvalue weighted by Gasteiger charge is 2.29. The third-order valence-electron chi connectivity index (χ3n) is 4.18. The normalized spacial score (nSPS) is 22.9. The van der Waals surface area contributed by atoms with Crippen LogP contribution in [-0.4, -0.2) is 31.1 Å². The highest BCUT2D eigenvalue weighted by molar-refractivity contribution is 5.33. The van der Waals surface area contributed by atoms with Crippen molar-refractivity contribution in [2.75, 3.05) is 20.2 Å². The standard InChI is InChI=1S/C16H26N2O/c1-3-19-16-10-5-4-7-14(16)12-18(2)15-9-6-8-13(15)11-17/h4-5,7,10,13,15H,3,6,8-9,11-12,17H2,1-2H3. The Hall–Kier alpha value is -1.06. The molecular weight excluding hydrogens is 236 g/mol. The molecule has 1 aliphatic carbocycles. The number of nitrogens with two attached hydrogens (primary N) is 1. The van der Waals surface area contributed by atoms with E-state index in [1.165, 1.54) is 24.8 Å². The molecule has 1 fully saturated rings. The van der Waals surface area contributed by atoms with Gasteiger partial charge in [-0.15, -0.1) is 0 Å². The zero-order chi connectivity index (χ0) is 13.7. The molecule has 0 saturated heterocycles. The molecule has 1 aliphatic rings. The summed E-state index contributed by atoms with van der Waals surface area (Å²) in [6, 6.07) is 8.96. The quantitative estimate of drug-likeness (QED) is 0.856.